The van der Waals surface area contributed by atoms with Gasteiger partial charge in [-0.1, -0.05) is 31.8 Å². The van der Waals surface area contributed by atoms with Crippen LogP contribution in [-0.4, -0.2) is 31.2 Å². The van der Waals surface area contributed by atoms with Gasteiger partial charge in [0.1, 0.15) is 11.4 Å². The predicted molar refractivity (Wildman–Crippen MR) is 108 cm³/mol. The number of aromatic nitrogens is 2. The first-order valence-corrected chi connectivity index (χ1v) is 12.5. The number of nitrogens with zero attached hydrogens (tertiary/aromatic N) is 1. The van der Waals surface area contributed by atoms with Crippen molar-refractivity contribution in [3.05, 3.63) is 36.0 Å². The van der Waals surface area contributed by atoms with E-state index in [9.17, 15) is 0 Å². The van der Waals surface area contributed by atoms with Crippen molar-refractivity contribution in [3.8, 4) is 16.9 Å². The number of nitrogens with one attached hydrogen (secondary N) is 2. The second-order valence-electron chi connectivity index (χ2n) is 7.64. The highest BCUT2D eigenvalue weighted by molar-refractivity contribution is 6.89. The molecule has 130 valence electrons. The molecule has 0 unspecified atom stereocenters. The van der Waals surface area contributed by atoms with E-state index in [1.807, 2.05) is 19.2 Å². The molecule has 0 fully saturated rings. The number of H-pyrrole nitrogens is 1. The van der Waals surface area contributed by atoms with Crippen molar-refractivity contribution in [1.82, 2.24) is 9.97 Å². The standard InChI is InChI=1S/C20H25N3OSi/c1-5-24-16-9-11-22-19-18(16)17(20(23-19)25(2,3)4)14-7-6-13-8-10-21-15(13)12-14/h6-7,9,11-12,21H,5,8,10H2,1-4H3,(H,22,23). The Morgan fingerprint density at radius 2 is 2.04 bits per heavy atom. The van der Waals surface area contributed by atoms with E-state index in [1.165, 1.54) is 27.7 Å². The Morgan fingerprint density at radius 3 is 2.80 bits per heavy atom. The van der Waals surface area contributed by atoms with Crippen LogP contribution in [0.1, 0.15) is 12.5 Å². The molecule has 3 heterocycles. The fourth-order valence-corrected chi connectivity index (χ4v) is 5.17. The van der Waals surface area contributed by atoms with Crippen LogP contribution in [0.25, 0.3) is 22.2 Å². The van der Waals surface area contributed by atoms with Gasteiger partial charge in [-0.2, -0.15) is 0 Å². The van der Waals surface area contributed by atoms with E-state index in [1.54, 1.807) is 0 Å². The molecule has 2 aromatic heterocycles. The largest absolute Gasteiger partial charge is 0.493 e. The van der Waals surface area contributed by atoms with Crippen molar-refractivity contribution in [1.29, 1.82) is 0 Å². The molecule has 0 amide bonds. The third-order valence-corrected chi connectivity index (χ3v) is 6.69. The number of benzene rings is 1. The maximum absolute atomic E-state index is 5.94. The maximum Gasteiger partial charge on any atom is 0.141 e. The smallest absolute Gasteiger partial charge is 0.141 e. The van der Waals surface area contributed by atoms with Gasteiger partial charge in [0.05, 0.1) is 20.1 Å². The third-order valence-electron chi connectivity index (χ3n) is 4.81. The van der Waals surface area contributed by atoms with E-state index in [2.05, 4.69) is 53.1 Å². The van der Waals surface area contributed by atoms with Crippen molar-refractivity contribution < 1.29 is 4.74 Å². The molecule has 4 nitrogen and oxygen atoms in total. The van der Waals surface area contributed by atoms with Gasteiger partial charge in [-0.25, -0.2) is 4.98 Å². The normalized spacial score (nSPS) is 13.8. The van der Waals surface area contributed by atoms with Crippen LogP contribution in [0.5, 0.6) is 5.75 Å². The van der Waals surface area contributed by atoms with Crippen molar-refractivity contribution in [2.45, 2.75) is 33.0 Å². The van der Waals surface area contributed by atoms with Gasteiger partial charge in [0.25, 0.3) is 0 Å². The fourth-order valence-electron chi connectivity index (χ4n) is 3.66. The summed E-state index contributed by atoms with van der Waals surface area (Å²) in [5.74, 6) is 0.914. The molecule has 1 aliphatic rings. The number of hydrogen-bond acceptors (Lipinski definition) is 3. The zero-order chi connectivity index (χ0) is 17.6. The number of rotatable bonds is 4. The molecule has 1 aliphatic heterocycles. The fraction of sp³-hybridized carbons (Fsp3) is 0.350. The molecule has 3 aromatic rings. The number of ether oxygens (including phenoxy) is 1. The van der Waals surface area contributed by atoms with Crippen LogP contribution < -0.4 is 15.4 Å². The van der Waals surface area contributed by atoms with Crippen LogP contribution >= 0.6 is 0 Å². The summed E-state index contributed by atoms with van der Waals surface area (Å²) in [5, 5.41) is 5.95. The van der Waals surface area contributed by atoms with Gasteiger partial charge in [0.15, 0.2) is 0 Å². The molecule has 2 N–H and O–H groups in total. The summed E-state index contributed by atoms with van der Waals surface area (Å²) in [6.07, 6.45) is 2.93. The van der Waals surface area contributed by atoms with Crippen molar-refractivity contribution in [2.24, 2.45) is 0 Å². The molecular formula is C20H25N3OSi. The number of pyridine rings is 1. The van der Waals surface area contributed by atoms with Gasteiger partial charge in [-0.05, 0) is 36.6 Å². The lowest BCUT2D eigenvalue weighted by Crippen LogP contribution is -2.39. The summed E-state index contributed by atoms with van der Waals surface area (Å²) in [6, 6.07) is 8.77. The van der Waals surface area contributed by atoms with Crippen LogP contribution in [-0.2, 0) is 6.42 Å². The molecule has 0 saturated heterocycles. The maximum atomic E-state index is 5.94. The van der Waals surface area contributed by atoms with E-state index >= 15 is 0 Å². The molecule has 0 bridgehead atoms. The Balaban J connectivity index is 2.03. The Bertz CT molecular complexity index is 940. The summed E-state index contributed by atoms with van der Waals surface area (Å²) in [6.45, 7) is 10.8. The third kappa shape index (κ3) is 2.72. The molecule has 0 atom stereocenters. The molecule has 0 spiro atoms. The van der Waals surface area contributed by atoms with E-state index in [0.717, 1.165) is 29.7 Å². The first kappa shape index (κ1) is 16.2. The molecule has 0 aliphatic carbocycles. The Morgan fingerprint density at radius 1 is 1.20 bits per heavy atom. The minimum atomic E-state index is -1.59. The molecule has 1 aromatic carbocycles. The predicted octanol–water partition coefficient (Wildman–Crippen LogP) is 4.14. The lowest BCUT2D eigenvalue weighted by Gasteiger charge is -2.18. The highest BCUT2D eigenvalue weighted by Gasteiger charge is 2.28. The number of anilines is 1. The zero-order valence-electron chi connectivity index (χ0n) is 15.4. The molecule has 25 heavy (non-hydrogen) atoms. The minimum Gasteiger partial charge on any atom is -0.493 e. The first-order chi connectivity index (χ1) is 12.0. The lowest BCUT2D eigenvalue weighted by atomic mass is 10.0. The van der Waals surface area contributed by atoms with Crippen LogP contribution in [0, 0.1) is 0 Å². The topological polar surface area (TPSA) is 49.9 Å². The van der Waals surface area contributed by atoms with Crippen LogP contribution in [0.2, 0.25) is 19.6 Å². The molecule has 4 rings (SSSR count). The summed E-state index contributed by atoms with van der Waals surface area (Å²) < 4.78 is 5.94. The second-order valence-corrected chi connectivity index (χ2v) is 12.6. The highest BCUT2D eigenvalue weighted by atomic mass is 28.3. The second kappa shape index (κ2) is 5.91. The number of aromatic amines is 1. The number of fused-ring (bicyclic) bond motifs is 2. The quantitative estimate of drug-likeness (QED) is 0.695. The van der Waals surface area contributed by atoms with E-state index in [0.29, 0.717) is 6.61 Å². The van der Waals surface area contributed by atoms with Crippen molar-refractivity contribution in [3.63, 3.8) is 0 Å². The molecule has 5 heteroatoms. The average molecular weight is 352 g/mol. The van der Waals surface area contributed by atoms with Gasteiger partial charge in [0, 0.05) is 29.3 Å². The minimum absolute atomic E-state index is 0.651. The summed E-state index contributed by atoms with van der Waals surface area (Å²) in [5.41, 5.74) is 6.09. The van der Waals surface area contributed by atoms with Crippen LogP contribution in [0.3, 0.4) is 0 Å². The van der Waals surface area contributed by atoms with Gasteiger partial charge in [-0.3, -0.25) is 0 Å². The summed E-state index contributed by atoms with van der Waals surface area (Å²) in [4.78, 5) is 8.21. The Labute approximate surface area is 149 Å². The van der Waals surface area contributed by atoms with Gasteiger partial charge < -0.3 is 15.0 Å². The van der Waals surface area contributed by atoms with Crippen molar-refractivity contribution in [2.75, 3.05) is 18.5 Å². The lowest BCUT2D eigenvalue weighted by molar-refractivity contribution is 0.344. The molecule has 0 saturated carbocycles. The van der Waals surface area contributed by atoms with E-state index in [4.69, 9.17) is 4.74 Å². The SMILES string of the molecule is CCOc1ccnc2[nH]c([Si](C)(C)C)c(-c3ccc4c(c3)NCC4)c12. The van der Waals surface area contributed by atoms with E-state index < -0.39 is 8.07 Å². The average Bonchev–Trinajstić information content (AvgIpc) is 3.18. The molecular weight excluding hydrogens is 326 g/mol. The molecule has 0 radical (unpaired) electrons. The zero-order valence-corrected chi connectivity index (χ0v) is 16.4. The number of hydrogen-bond donors (Lipinski definition) is 2. The van der Waals surface area contributed by atoms with E-state index in [-0.39, 0.29) is 0 Å². The monoisotopic (exact) mass is 351 g/mol. The van der Waals surface area contributed by atoms with Gasteiger partial charge in [0.2, 0.25) is 0 Å². The first-order valence-electron chi connectivity index (χ1n) is 9.00. The Kier molecular flexibility index (Phi) is 3.83. The highest BCUT2D eigenvalue weighted by Crippen LogP contribution is 2.37. The van der Waals surface area contributed by atoms with Crippen molar-refractivity contribution >= 4 is 30.1 Å². The Hall–Kier alpha value is -2.27. The van der Waals surface area contributed by atoms with Crippen LogP contribution in [0.15, 0.2) is 30.5 Å². The summed E-state index contributed by atoms with van der Waals surface area (Å²) in [7, 11) is -1.59. The van der Waals surface area contributed by atoms with Gasteiger partial charge >= 0.3 is 0 Å². The van der Waals surface area contributed by atoms with Gasteiger partial charge in [-0.15, -0.1) is 0 Å². The van der Waals surface area contributed by atoms with Crippen LogP contribution in [0.4, 0.5) is 5.69 Å². The summed E-state index contributed by atoms with van der Waals surface area (Å²) >= 11 is 0.